The summed E-state index contributed by atoms with van der Waals surface area (Å²) in [5.74, 6) is 2.46. The van der Waals surface area contributed by atoms with Crippen LogP contribution in [0.15, 0.2) is 59.6 Å². The van der Waals surface area contributed by atoms with E-state index in [1.54, 1.807) is 14.2 Å². The van der Waals surface area contributed by atoms with Crippen molar-refractivity contribution in [3.63, 3.8) is 0 Å². The van der Waals surface area contributed by atoms with Gasteiger partial charge in [-0.25, -0.2) is 0 Å². The van der Waals surface area contributed by atoms with E-state index in [2.05, 4.69) is 15.6 Å². The smallest absolute Gasteiger partial charge is 0.191 e. The second kappa shape index (κ2) is 9.35. The molecular formula is C18H23N3O2. The zero-order chi connectivity index (χ0) is 16.3. The van der Waals surface area contributed by atoms with Crippen LogP contribution in [0.2, 0.25) is 0 Å². The van der Waals surface area contributed by atoms with Crippen LogP contribution in [-0.2, 0) is 6.54 Å². The predicted molar refractivity (Wildman–Crippen MR) is 93.1 cm³/mol. The van der Waals surface area contributed by atoms with Crippen LogP contribution in [0.3, 0.4) is 0 Å². The first-order chi connectivity index (χ1) is 11.3. The fraction of sp³-hybridized carbons (Fsp3) is 0.278. The molecule has 0 aromatic heterocycles. The summed E-state index contributed by atoms with van der Waals surface area (Å²) >= 11 is 0. The van der Waals surface area contributed by atoms with Crippen LogP contribution < -0.4 is 20.1 Å². The van der Waals surface area contributed by atoms with Gasteiger partial charge in [0.05, 0.1) is 13.7 Å². The van der Waals surface area contributed by atoms with Crippen LogP contribution >= 0.6 is 0 Å². The first kappa shape index (κ1) is 16.7. The Labute approximate surface area is 137 Å². The second-order valence-electron chi connectivity index (χ2n) is 4.83. The molecule has 0 fully saturated rings. The molecule has 2 N–H and O–H groups in total. The van der Waals surface area contributed by atoms with Gasteiger partial charge in [-0.1, -0.05) is 36.4 Å². The minimum atomic E-state index is 0.569. The molecule has 5 nitrogen and oxygen atoms in total. The molecule has 2 aromatic carbocycles. The lowest BCUT2D eigenvalue weighted by molar-refractivity contribution is 0.322. The molecular weight excluding hydrogens is 290 g/mol. The van der Waals surface area contributed by atoms with Crippen molar-refractivity contribution in [1.82, 2.24) is 10.6 Å². The monoisotopic (exact) mass is 313 g/mol. The summed E-state index contributed by atoms with van der Waals surface area (Å²) in [6.45, 7) is 1.88. The van der Waals surface area contributed by atoms with E-state index in [0.29, 0.717) is 19.7 Å². The molecule has 0 aliphatic heterocycles. The lowest BCUT2D eigenvalue weighted by atomic mass is 10.2. The van der Waals surface area contributed by atoms with E-state index in [1.165, 1.54) is 0 Å². The molecule has 0 saturated heterocycles. The molecule has 5 heteroatoms. The molecule has 122 valence electrons. The zero-order valence-electron chi connectivity index (χ0n) is 13.6. The third kappa shape index (κ3) is 5.54. The van der Waals surface area contributed by atoms with E-state index in [0.717, 1.165) is 23.0 Å². The fourth-order valence-electron chi connectivity index (χ4n) is 2.10. The van der Waals surface area contributed by atoms with Gasteiger partial charge in [0.15, 0.2) is 5.96 Å². The maximum atomic E-state index is 5.63. The summed E-state index contributed by atoms with van der Waals surface area (Å²) < 4.78 is 11.0. The second-order valence-corrected chi connectivity index (χ2v) is 4.83. The number of nitrogens with zero attached hydrogens (tertiary/aromatic N) is 1. The van der Waals surface area contributed by atoms with Gasteiger partial charge >= 0.3 is 0 Å². The molecule has 2 rings (SSSR count). The number of para-hydroxylation sites is 2. The van der Waals surface area contributed by atoms with Gasteiger partial charge in [-0.2, -0.15) is 0 Å². The van der Waals surface area contributed by atoms with Gasteiger partial charge in [-0.05, 0) is 18.2 Å². The maximum Gasteiger partial charge on any atom is 0.191 e. The largest absolute Gasteiger partial charge is 0.496 e. The summed E-state index contributed by atoms with van der Waals surface area (Å²) in [7, 11) is 3.42. The Hall–Kier alpha value is -2.69. The molecule has 0 heterocycles. The van der Waals surface area contributed by atoms with E-state index in [-0.39, 0.29) is 0 Å². The standard InChI is InChI=1S/C18H23N3O2/c1-19-18(20-12-13-23-16-9-4-3-5-10-16)21-14-15-8-6-7-11-17(15)22-2/h3-11H,12-14H2,1-2H3,(H2,19,20,21). The molecule has 0 spiro atoms. The molecule has 0 bridgehead atoms. The number of hydrogen-bond acceptors (Lipinski definition) is 3. The molecule has 0 amide bonds. The lowest BCUT2D eigenvalue weighted by Gasteiger charge is -2.14. The topological polar surface area (TPSA) is 54.9 Å². The predicted octanol–water partition coefficient (Wildman–Crippen LogP) is 2.44. The van der Waals surface area contributed by atoms with Gasteiger partial charge in [0.25, 0.3) is 0 Å². The number of ether oxygens (including phenoxy) is 2. The number of nitrogens with one attached hydrogen (secondary N) is 2. The van der Waals surface area contributed by atoms with Gasteiger partial charge in [0.1, 0.15) is 18.1 Å². The van der Waals surface area contributed by atoms with Crippen molar-refractivity contribution in [1.29, 1.82) is 0 Å². The molecule has 2 aromatic rings. The Kier molecular flexibility index (Phi) is 6.78. The number of benzene rings is 2. The summed E-state index contributed by atoms with van der Waals surface area (Å²) in [6.07, 6.45) is 0. The van der Waals surface area contributed by atoms with E-state index in [1.807, 2.05) is 54.6 Å². The first-order valence-corrected chi connectivity index (χ1v) is 7.57. The van der Waals surface area contributed by atoms with Crippen molar-refractivity contribution in [2.75, 3.05) is 27.3 Å². The van der Waals surface area contributed by atoms with Crippen molar-refractivity contribution in [3.05, 3.63) is 60.2 Å². The third-order valence-electron chi connectivity index (χ3n) is 3.27. The quantitative estimate of drug-likeness (QED) is 0.468. The molecule has 0 saturated carbocycles. The molecule has 0 aliphatic rings. The van der Waals surface area contributed by atoms with Gasteiger partial charge in [0, 0.05) is 19.2 Å². The minimum absolute atomic E-state index is 0.569. The molecule has 0 unspecified atom stereocenters. The average Bonchev–Trinajstić information content (AvgIpc) is 2.62. The number of hydrogen-bond donors (Lipinski definition) is 2. The van der Waals surface area contributed by atoms with Crippen LogP contribution in [-0.4, -0.2) is 33.3 Å². The van der Waals surface area contributed by atoms with Crippen molar-refractivity contribution in [2.24, 2.45) is 4.99 Å². The van der Waals surface area contributed by atoms with Gasteiger partial charge in [-0.3, -0.25) is 4.99 Å². The highest BCUT2D eigenvalue weighted by atomic mass is 16.5. The highest BCUT2D eigenvalue weighted by Gasteiger charge is 2.03. The number of guanidine groups is 1. The summed E-state index contributed by atoms with van der Waals surface area (Å²) in [5, 5.41) is 6.48. The lowest BCUT2D eigenvalue weighted by Crippen LogP contribution is -2.38. The van der Waals surface area contributed by atoms with Gasteiger partial charge in [0.2, 0.25) is 0 Å². The van der Waals surface area contributed by atoms with E-state index < -0.39 is 0 Å². The van der Waals surface area contributed by atoms with Crippen molar-refractivity contribution in [3.8, 4) is 11.5 Å². The Morgan fingerprint density at radius 3 is 2.48 bits per heavy atom. The molecule has 0 radical (unpaired) electrons. The van der Waals surface area contributed by atoms with Crippen LogP contribution in [0.1, 0.15) is 5.56 Å². The SMILES string of the molecule is CN=C(NCCOc1ccccc1)NCc1ccccc1OC. The highest BCUT2D eigenvalue weighted by Crippen LogP contribution is 2.16. The number of aliphatic imine (C=N–C) groups is 1. The maximum absolute atomic E-state index is 5.63. The summed E-state index contributed by atoms with van der Waals surface area (Å²) in [4.78, 5) is 4.20. The molecule has 0 atom stereocenters. The Balaban J connectivity index is 1.73. The van der Waals surface area contributed by atoms with Crippen LogP contribution in [0.4, 0.5) is 0 Å². The fourth-order valence-corrected chi connectivity index (χ4v) is 2.10. The zero-order valence-corrected chi connectivity index (χ0v) is 13.6. The Morgan fingerprint density at radius 1 is 1.00 bits per heavy atom. The van der Waals surface area contributed by atoms with Crippen molar-refractivity contribution < 1.29 is 9.47 Å². The van der Waals surface area contributed by atoms with Crippen LogP contribution in [0.5, 0.6) is 11.5 Å². The average molecular weight is 313 g/mol. The van der Waals surface area contributed by atoms with Gasteiger partial charge in [-0.15, -0.1) is 0 Å². The Bertz CT molecular complexity index is 615. The molecule has 0 aliphatic carbocycles. The minimum Gasteiger partial charge on any atom is -0.496 e. The normalized spacial score (nSPS) is 11.0. The Morgan fingerprint density at radius 2 is 1.74 bits per heavy atom. The summed E-state index contributed by atoms with van der Waals surface area (Å²) in [6, 6.07) is 17.7. The van der Waals surface area contributed by atoms with E-state index in [9.17, 15) is 0 Å². The first-order valence-electron chi connectivity index (χ1n) is 7.57. The van der Waals surface area contributed by atoms with Crippen molar-refractivity contribution in [2.45, 2.75) is 6.54 Å². The van der Waals surface area contributed by atoms with Gasteiger partial charge < -0.3 is 20.1 Å². The third-order valence-corrected chi connectivity index (χ3v) is 3.27. The van der Waals surface area contributed by atoms with Crippen LogP contribution in [0, 0.1) is 0 Å². The molecule has 23 heavy (non-hydrogen) atoms. The van der Waals surface area contributed by atoms with Crippen LogP contribution in [0.25, 0.3) is 0 Å². The van der Waals surface area contributed by atoms with E-state index in [4.69, 9.17) is 9.47 Å². The highest BCUT2D eigenvalue weighted by molar-refractivity contribution is 5.79. The number of methoxy groups -OCH3 is 1. The van der Waals surface area contributed by atoms with E-state index >= 15 is 0 Å². The van der Waals surface area contributed by atoms with Crippen molar-refractivity contribution >= 4 is 5.96 Å². The summed E-state index contributed by atoms with van der Waals surface area (Å²) in [5.41, 5.74) is 1.08. The number of rotatable bonds is 7.